The maximum absolute atomic E-state index is 11.9. The molecule has 1 rings (SSSR count). The van der Waals surface area contributed by atoms with Crippen molar-refractivity contribution in [2.75, 3.05) is 0 Å². The highest BCUT2D eigenvalue weighted by Crippen LogP contribution is 2.30. The fraction of sp³-hybridized carbons (Fsp3) is 0.125. The molecule has 0 heterocycles. The molecule has 0 atom stereocenters. The predicted molar refractivity (Wildman–Crippen MR) is 49.8 cm³/mol. The van der Waals surface area contributed by atoms with E-state index in [0.717, 1.165) is 18.2 Å². The number of rotatable bonds is 2. The first-order valence-electron chi connectivity index (χ1n) is 3.90. The van der Waals surface area contributed by atoms with Gasteiger partial charge in [-0.2, -0.15) is 0 Å². The van der Waals surface area contributed by atoms with E-state index < -0.39 is 18.0 Å². The summed E-state index contributed by atoms with van der Waals surface area (Å²) >= 11 is 5.49. The molecule has 0 radical (unpaired) electrons. The fourth-order valence-corrected chi connectivity index (χ4v) is 1.15. The second-order valence-corrected chi connectivity index (χ2v) is 3.07. The summed E-state index contributed by atoms with van der Waals surface area (Å²) in [4.78, 5) is 11.0. The Hall–Kier alpha value is -1.47. The molecule has 88 valence electrons. The summed E-state index contributed by atoms with van der Waals surface area (Å²) in [5, 5.41) is -0.335. The average Bonchev–Trinajstić information content (AvgIpc) is 2.18. The molecular formula is C8H6ClF3N2O2. The lowest BCUT2D eigenvalue weighted by Gasteiger charge is -2.10. The molecule has 3 N–H and O–H groups in total. The summed E-state index contributed by atoms with van der Waals surface area (Å²) in [5.74, 6) is 3.59. The van der Waals surface area contributed by atoms with Crippen molar-refractivity contribution in [1.29, 1.82) is 0 Å². The van der Waals surface area contributed by atoms with E-state index >= 15 is 0 Å². The van der Waals surface area contributed by atoms with Gasteiger partial charge in [-0.3, -0.25) is 10.2 Å². The minimum atomic E-state index is -4.83. The largest absolute Gasteiger partial charge is 0.573 e. The number of carbonyl (C=O) groups excluding carboxylic acids is 1. The number of benzene rings is 1. The molecular weight excluding hydrogens is 249 g/mol. The summed E-state index contributed by atoms with van der Waals surface area (Å²) in [5.41, 5.74) is 1.85. The van der Waals surface area contributed by atoms with Gasteiger partial charge in [-0.25, -0.2) is 5.84 Å². The molecule has 8 heteroatoms. The van der Waals surface area contributed by atoms with Crippen molar-refractivity contribution in [3.8, 4) is 5.75 Å². The predicted octanol–water partition coefficient (Wildman–Crippen LogP) is 1.84. The van der Waals surface area contributed by atoms with Crippen LogP contribution in [0.3, 0.4) is 0 Å². The zero-order valence-corrected chi connectivity index (χ0v) is 8.39. The number of ether oxygens (including phenoxy) is 1. The number of halogens is 4. The molecule has 0 saturated heterocycles. The van der Waals surface area contributed by atoms with E-state index in [1.165, 1.54) is 0 Å². The van der Waals surface area contributed by atoms with Gasteiger partial charge in [0.1, 0.15) is 5.75 Å². The third kappa shape index (κ3) is 3.28. The van der Waals surface area contributed by atoms with Gasteiger partial charge in [0.25, 0.3) is 5.91 Å². The van der Waals surface area contributed by atoms with Crippen LogP contribution in [0.4, 0.5) is 13.2 Å². The van der Waals surface area contributed by atoms with E-state index in [1.807, 2.05) is 5.43 Å². The zero-order valence-electron chi connectivity index (χ0n) is 7.64. The van der Waals surface area contributed by atoms with Crippen molar-refractivity contribution in [2.24, 2.45) is 5.84 Å². The van der Waals surface area contributed by atoms with Crippen molar-refractivity contribution in [2.45, 2.75) is 6.36 Å². The van der Waals surface area contributed by atoms with Crippen LogP contribution in [0, 0.1) is 0 Å². The van der Waals surface area contributed by atoms with Crippen LogP contribution < -0.4 is 16.0 Å². The molecule has 0 unspecified atom stereocenters. The summed E-state index contributed by atoms with van der Waals surface area (Å²) in [6.07, 6.45) is -4.83. The number of amides is 1. The standard InChI is InChI=1S/C8H6ClF3N2O2/c9-5-3-4(7(15)14-13)1-2-6(5)16-8(10,11)12/h1-3H,13H2,(H,14,15). The van der Waals surface area contributed by atoms with Gasteiger partial charge in [0, 0.05) is 5.56 Å². The van der Waals surface area contributed by atoms with E-state index in [1.54, 1.807) is 0 Å². The highest BCUT2D eigenvalue weighted by Gasteiger charge is 2.32. The van der Waals surface area contributed by atoms with Crippen molar-refractivity contribution in [1.82, 2.24) is 5.43 Å². The van der Waals surface area contributed by atoms with Crippen LogP contribution in [0.2, 0.25) is 5.02 Å². The zero-order chi connectivity index (χ0) is 12.3. The van der Waals surface area contributed by atoms with E-state index in [9.17, 15) is 18.0 Å². The van der Waals surface area contributed by atoms with Crippen LogP contribution in [-0.4, -0.2) is 12.3 Å². The molecule has 0 bridgehead atoms. The maximum Gasteiger partial charge on any atom is 0.573 e. The Morgan fingerprint density at radius 2 is 2.06 bits per heavy atom. The van der Waals surface area contributed by atoms with Gasteiger partial charge in [-0.05, 0) is 18.2 Å². The number of nitrogen functional groups attached to an aromatic ring is 1. The maximum atomic E-state index is 11.9. The first-order chi connectivity index (χ1) is 7.33. The van der Waals surface area contributed by atoms with Gasteiger partial charge in [0.15, 0.2) is 0 Å². The quantitative estimate of drug-likeness (QED) is 0.481. The average molecular weight is 255 g/mol. The lowest BCUT2D eigenvalue weighted by molar-refractivity contribution is -0.274. The van der Waals surface area contributed by atoms with Gasteiger partial charge in [-0.15, -0.1) is 13.2 Å². The summed E-state index contributed by atoms with van der Waals surface area (Å²) in [6, 6.07) is 3.06. The fourth-order valence-electron chi connectivity index (χ4n) is 0.933. The SMILES string of the molecule is NNC(=O)c1ccc(OC(F)(F)F)c(Cl)c1. The number of carbonyl (C=O) groups is 1. The normalized spacial score (nSPS) is 11.1. The van der Waals surface area contributed by atoms with Crippen LogP contribution >= 0.6 is 11.6 Å². The Morgan fingerprint density at radius 3 is 2.50 bits per heavy atom. The molecule has 4 nitrogen and oxygen atoms in total. The molecule has 0 aliphatic rings. The molecule has 0 aliphatic heterocycles. The third-order valence-corrected chi connectivity index (χ3v) is 1.85. The lowest BCUT2D eigenvalue weighted by atomic mass is 10.2. The number of hydrogen-bond donors (Lipinski definition) is 2. The lowest BCUT2D eigenvalue weighted by Crippen LogP contribution is -2.30. The Morgan fingerprint density at radius 1 is 1.44 bits per heavy atom. The Bertz CT molecular complexity index is 409. The molecule has 1 amide bonds. The molecule has 1 aromatic rings. The van der Waals surface area contributed by atoms with Crippen LogP contribution in [0.15, 0.2) is 18.2 Å². The third-order valence-electron chi connectivity index (χ3n) is 1.55. The summed E-state index contributed by atoms with van der Waals surface area (Å²) in [6.45, 7) is 0. The van der Waals surface area contributed by atoms with Crippen molar-refractivity contribution in [3.05, 3.63) is 28.8 Å². The van der Waals surface area contributed by atoms with Gasteiger partial charge in [0.2, 0.25) is 0 Å². The molecule has 0 spiro atoms. The number of hydrogen-bond acceptors (Lipinski definition) is 3. The van der Waals surface area contributed by atoms with E-state index in [4.69, 9.17) is 17.4 Å². The van der Waals surface area contributed by atoms with Gasteiger partial charge >= 0.3 is 6.36 Å². The monoisotopic (exact) mass is 254 g/mol. The van der Waals surface area contributed by atoms with Crippen LogP contribution in [-0.2, 0) is 0 Å². The number of nitrogens with two attached hydrogens (primary N) is 1. The van der Waals surface area contributed by atoms with Crippen LogP contribution in [0.1, 0.15) is 10.4 Å². The first-order valence-corrected chi connectivity index (χ1v) is 4.27. The minimum absolute atomic E-state index is 0.0297. The van der Waals surface area contributed by atoms with E-state index in [-0.39, 0.29) is 10.6 Å². The first kappa shape index (κ1) is 12.6. The minimum Gasteiger partial charge on any atom is -0.404 e. The molecule has 0 aliphatic carbocycles. The van der Waals surface area contributed by atoms with E-state index in [0.29, 0.717) is 0 Å². The van der Waals surface area contributed by atoms with E-state index in [2.05, 4.69) is 4.74 Å². The van der Waals surface area contributed by atoms with Crippen molar-refractivity contribution >= 4 is 17.5 Å². The highest BCUT2D eigenvalue weighted by atomic mass is 35.5. The number of hydrazine groups is 1. The molecule has 1 aromatic carbocycles. The van der Waals surface area contributed by atoms with Gasteiger partial charge in [0.05, 0.1) is 5.02 Å². The molecule has 0 aromatic heterocycles. The Kier molecular flexibility index (Phi) is 3.61. The Balaban J connectivity index is 2.96. The summed E-state index contributed by atoms with van der Waals surface area (Å²) < 4.78 is 39.2. The summed E-state index contributed by atoms with van der Waals surface area (Å²) in [7, 11) is 0. The van der Waals surface area contributed by atoms with Gasteiger partial charge < -0.3 is 4.74 Å². The highest BCUT2D eigenvalue weighted by molar-refractivity contribution is 6.32. The van der Waals surface area contributed by atoms with Gasteiger partial charge in [-0.1, -0.05) is 11.6 Å². The van der Waals surface area contributed by atoms with Crippen molar-refractivity contribution in [3.63, 3.8) is 0 Å². The van der Waals surface area contributed by atoms with Crippen LogP contribution in [0.5, 0.6) is 5.75 Å². The molecule has 0 saturated carbocycles. The molecule has 0 fully saturated rings. The second kappa shape index (κ2) is 4.58. The van der Waals surface area contributed by atoms with Crippen LogP contribution in [0.25, 0.3) is 0 Å². The number of alkyl halides is 3. The topological polar surface area (TPSA) is 64.3 Å². The molecule has 16 heavy (non-hydrogen) atoms. The Labute approximate surface area is 93.1 Å². The smallest absolute Gasteiger partial charge is 0.404 e. The second-order valence-electron chi connectivity index (χ2n) is 2.67. The number of nitrogens with one attached hydrogen (secondary N) is 1. The van der Waals surface area contributed by atoms with Crippen molar-refractivity contribution < 1.29 is 22.7 Å².